The molecule has 2 N–H and O–H groups in total. The van der Waals surface area contributed by atoms with Crippen molar-refractivity contribution < 1.29 is 14.3 Å². The number of aromatic nitrogens is 2. The fraction of sp³-hybridized carbons (Fsp3) is 0.267. The van der Waals surface area contributed by atoms with Crippen molar-refractivity contribution in [2.75, 3.05) is 5.32 Å². The number of rotatable bonds is 6. The molecule has 38 heavy (non-hydrogen) atoms. The van der Waals surface area contributed by atoms with Gasteiger partial charge in [0.15, 0.2) is 5.13 Å². The van der Waals surface area contributed by atoms with Gasteiger partial charge in [-0.05, 0) is 63.3 Å². The molecule has 1 saturated carbocycles. The fourth-order valence-electron chi connectivity index (χ4n) is 4.48. The molecule has 1 aliphatic rings. The number of thiazole rings is 1. The molecule has 0 atom stereocenters. The third-order valence-corrected chi connectivity index (χ3v) is 7.49. The van der Waals surface area contributed by atoms with E-state index in [-0.39, 0.29) is 5.91 Å². The molecule has 2 aromatic heterocycles. The second-order valence-electron chi connectivity index (χ2n) is 10.4. The zero-order chi connectivity index (χ0) is 26.8. The number of pyridine rings is 1. The van der Waals surface area contributed by atoms with E-state index in [2.05, 4.69) is 15.6 Å². The van der Waals surface area contributed by atoms with E-state index in [9.17, 15) is 9.59 Å². The van der Waals surface area contributed by atoms with Gasteiger partial charge < -0.3 is 10.1 Å². The largest absolute Gasteiger partial charge is 0.444 e. The maximum atomic E-state index is 12.7. The number of nitrogens with one attached hydrogen (secondary N) is 2. The summed E-state index contributed by atoms with van der Waals surface area (Å²) in [4.78, 5) is 35.1. The second-order valence-corrected chi connectivity index (χ2v) is 11.4. The van der Waals surface area contributed by atoms with E-state index in [1.54, 1.807) is 18.3 Å². The predicted octanol–water partition coefficient (Wildman–Crippen LogP) is 7.03. The number of carbonyl (C=O) groups excluding carboxylic acids is 2. The monoisotopic (exact) mass is 526 g/mol. The Labute approximate surface area is 226 Å². The highest BCUT2D eigenvalue weighted by atomic mass is 32.1. The van der Waals surface area contributed by atoms with Crippen LogP contribution in [-0.2, 0) is 10.3 Å². The Balaban J connectivity index is 1.43. The third-order valence-electron chi connectivity index (χ3n) is 6.47. The van der Waals surface area contributed by atoms with Crippen molar-refractivity contribution in [3.05, 3.63) is 90.3 Å². The first-order valence-corrected chi connectivity index (χ1v) is 13.4. The smallest absolute Gasteiger partial charge is 0.408 e. The molecule has 0 radical (unpaired) electrons. The number of carbonyl (C=O) groups is 2. The molecule has 0 saturated heterocycles. The summed E-state index contributed by atoms with van der Waals surface area (Å²) in [5.41, 5.74) is 3.27. The first kappa shape index (κ1) is 25.6. The number of hydrogen-bond donors (Lipinski definition) is 2. The fourth-order valence-corrected chi connectivity index (χ4v) is 5.47. The standard InChI is InChI=1S/C30H30N4O3S/c1-29(2,3)37-28(36)34-30(16-8-17-30)23-14-12-20(13-15-23)24-25(21-9-5-4-6-10-21)38-27(32-24)33-26(35)22-11-7-18-31-19-22/h4-7,9-15,18-19H,8,16-17H2,1-3H3,(H,34,36)(H,32,33,35). The van der Waals surface area contributed by atoms with Gasteiger partial charge in [0.05, 0.1) is 21.7 Å². The highest BCUT2D eigenvalue weighted by Gasteiger charge is 2.41. The summed E-state index contributed by atoms with van der Waals surface area (Å²) < 4.78 is 5.52. The SMILES string of the molecule is CC(C)(C)OC(=O)NC1(c2ccc(-c3nc(NC(=O)c4cccnc4)sc3-c3ccccc3)cc2)CCC1. The Kier molecular flexibility index (Phi) is 6.99. The molecule has 0 bridgehead atoms. The van der Waals surface area contributed by atoms with Gasteiger partial charge in [-0.1, -0.05) is 65.9 Å². The van der Waals surface area contributed by atoms with Crippen LogP contribution in [0.1, 0.15) is 56.0 Å². The van der Waals surface area contributed by atoms with Gasteiger partial charge in [-0.15, -0.1) is 0 Å². The van der Waals surface area contributed by atoms with Crippen LogP contribution in [0.5, 0.6) is 0 Å². The van der Waals surface area contributed by atoms with E-state index in [4.69, 9.17) is 9.72 Å². The van der Waals surface area contributed by atoms with Crippen molar-refractivity contribution in [2.24, 2.45) is 0 Å². The molecule has 2 amide bonds. The predicted molar refractivity (Wildman–Crippen MR) is 150 cm³/mol. The van der Waals surface area contributed by atoms with Crippen molar-refractivity contribution in [1.29, 1.82) is 0 Å². The number of ether oxygens (including phenoxy) is 1. The molecule has 8 heteroatoms. The summed E-state index contributed by atoms with van der Waals surface area (Å²) in [5.74, 6) is -0.256. The van der Waals surface area contributed by atoms with Crippen molar-refractivity contribution in [3.8, 4) is 21.7 Å². The van der Waals surface area contributed by atoms with Crippen molar-refractivity contribution >= 4 is 28.5 Å². The topological polar surface area (TPSA) is 93.2 Å². The lowest BCUT2D eigenvalue weighted by atomic mass is 9.71. The Morgan fingerprint density at radius 2 is 1.68 bits per heavy atom. The number of amides is 2. The number of benzene rings is 2. The van der Waals surface area contributed by atoms with E-state index in [1.165, 1.54) is 17.5 Å². The molecule has 2 aromatic carbocycles. The average molecular weight is 527 g/mol. The van der Waals surface area contributed by atoms with Gasteiger partial charge in [0.2, 0.25) is 0 Å². The minimum absolute atomic E-state index is 0.256. The molecular weight excluding hydrogens is 496 g/mol. The summed E-state index contributed by atoms with van der Waals surface area (Å²) in [6, 6.07) is 21.6. The van der Waals surface area contributed by atoms with Gasteiger partial charge in [-0.25, -0.2) is 9.78 Å². The van der Waals surface area contributed by atoms with Gasteiger partial charge in [0.1, 0.15) is 5.60 Å². The van der Waals surface area contributed by atoms with Gasteiger partial charge >= 0.3 is 6.09 Å². The van der Waals surface area contributed by atoms with E-state index in [0.29, 0.717) is 10.7 Å². The first-order chi connectivity index (χ1) is 18.2. The summed E-state index contributed by atoms with van der Waals surface area (Å²) >= 11 is 1.43. The maximum Gasteiger partial charge on any atom is 0.408 e. The number of nitrogens with zero attached hydrogens (tertiary/aromatic N) is 2. The van der Waals surface area contributed by atoms with Crippen molar-refractivity contribution in [2.45, 2.75) is 51.2 Å². The summed E-state index contributed by atoms with van der Waals surface area (Å²) in [7, 11) is 0. The molecule has 1 fully saturated rings. The number of hydrogen-bond acceptors (Lipinski definition) is 6. The summed E-state index contributed by atoms with van der Waals surface area (Å²) in [6.45, 7) is 5.58. The quantitative estimate of drug-likeness (QED) is 0.281. The van der Waals surface area contributed by atoms with Crippen LogP contribution in [0.4, 0.5) is 9.93 Å². The normalized spacial score (nSPS) is 14.3. The van der Waals surface area contributed by atoms with Gasteiger partial charge in [0.25, 0.3) is 5.91 Å². The van der Waals surface area contributed by atoms with E-state index >= 15 is 0 Å². The van der Waals surface area contributed by atoms with Crippen LogP contribution >= 0.6 is 11.3 Å². The summed E-state index contributed by atoms with van der Waals surface area (Å²) in [6.07, 6.45) is 5.53. The lowest BCUT2D eigenvalue weighted by molar-refractivity contribution is 0.0377. The van der Waals surface area contributed by atoms with Crippen LogP contribution < -0.4 is 10.6 Å². The van der Waals surface area contributed by atoms with Crippen molar-refractivity contribution in [3.63, 3.8) is 0 Å². The molecule has 5 rings (SSSR count). The van der Waals surface area contributed by atoms with E-state index in [0.717, 1.165) is 46.5 Å². The number of anilines is 1. The van der Waals surface area contributed by atoms with Gasteiger partial charge in [0, 0.05) is 18.0 Å². The van der Waals surface area contributed by atoms with Crippen molar-refractivity contribution in [1.82, 2.24) is 15.3 Å². The molecule has 0 aliphatic heterocycles. The zero-order valence-corrected chi connectivity index (χ0v) is 22.5. The van der Waals surface area contributed by atoms with Crippen LogP contribution in [0.15, 0.2) is 79.1 Å². The lowest BCUT2D eigenvalue weighted by Gasteiger charge is -2.43. The Bertz CT molecular complexity index is 1420. The molecule has 0 unspecified atom stereocenters. The Morgan fingerprint density at radius 3 is 2.29 bits per heavy atom. The minimum atomic E-state index is -0.554. The number of alkyl carbamates (subject to hydrolysis) is 1. The molecule has 0 spiro atoms. The minimum Gasteiger partial charge on any atom is -0.444 e. The van der Waals surface area contributed by atoms with E-state index < -0.39 is 17.2 Å². The molecule has 4 aromatic rings. The lowest BCUT2D eigenvalue weighted by Crippen LogP contribution is -2.52. The van der Waals surface area contributed by atoms with Crippen LogP contribution in [0, 0.1) is 0 Å². The highest BCUT2D eigenvalue weighted by Crippen LogP contribution is 2.43. The van der Waals surface area contributed by atoms with Gasteiger partial charge in [-0.3, -0.25) is 15.1 Å². The third kappa shape index (κ3) is 5.60. The molecule has 1 aliphatic carbocycles. The van der Waals surface area contributed by atoms with Crippen LogP contribution in [0.3, 0.4) is 0 Å². The molecule has 194 valence electrons. The van der Waals surface area contributed by atoms with Gasteiger partial charge in [-0.2, -0.15) is 0 Å². The second kappa shape index (κ2) is 10.4. The zero-order valence-electron chi connectivity index (χ0n) is 21.7. The first-order valence-electron chi connectivity index (χ1n) is 12.6. The maximum absolute atomic E-state index is 12.7. The Hall–Kier alpha value is -4.04. The summed E-state index contributed by atoms with van der Waals surface area (Å²) in [5, 5.41) is 6.55. The molecule has 7 nitrogen and oxygen atoms in total. The van der Waals surface area contributed by atoms with Crippen LogP contribution in [-0.4, -0.2) is 27.6 Å². The Morgan fingerprint density at radius 1 is 0.947 bits per heavy atom. The van der Waals surface area contributed by atoms with Crippen LogP contribution in [0.2, 0.25) is 0 Å². The van der Waals surface area contributed by atoms with Crippen LogP contribution in [0.25, 0.3) is 21.7 Å². The average Bonchev–Trinajstić information content (AvgIpc) is 3.30. The molecule has 2 heterocycles. The highest BCUT2D eigenvalue weighted by molar-refractivity contribution is 7.19. The van der Waals surface area contributed by atoms with E-state index in [1.807, 2.05) is 75.4 Å². The molecular formula is C30H30N4O3S.